The molecule has 1 N–H and O–H groups in total. The summed E-state index contributed by atoms with van der Waals surface area (Å²) in [5.41, 5.74) is 0.352. The normalized spacial score (nSPS) is 15.9. The predicted octanol–water partition coefficient (Wildman–Crippen LogP) is 2.99. The van der Waals surface area contributed by atoms with E-state index in [1.807, 2.05) is 0 Å². The van der Waals surface area contributed by atoms with Crippen LogP contribution < -0.4 is 9.47 Å². The van der Waals surface area contributed by atoms with Crippen molar-refractivity contribution in [1.82, 2.24) is 19.9 Å². The van der Waals surface area contributed by atoms with Crippen molar-refractivity contribution >= 4 is 5.91 Å². The summed E-state index contributed by atoms with van der Waals surface area (Å²) in [6.07, 6.45) is -4.28. The van der Waals surface area contributed by atoms with Gasteiger partial charge < -0.3 is 19.5 Å². The van der Waals surface area contributed by atoms with Gasteiger partial charge in [-0.2, -0.15) is 13.2 Å². The molecule has 4 rings (SSSR count). The highest BCUT2D eigenvalue weighted by molar-refractivity contribution is 5.92. The molecule has 3 aromatic rings. The van der Waals surface area contributed by atoms with Crippen LogP contribution in [0.1, 0.15) is 33.3 Å². The zero-order chi connectivity index (χ0) is 23.0. The number of carbonyl (C=O) groups excluding carboxylic acids is 1. The Hall–Kier alpha value is -3.60. The van der Waals surface area contributed by atoms with E-state index in [1.165, 1.54) is 37.4 Å². The summed E-state index contributed by atoms with van der Waals surface area (Å²) in [4.78, 5) is 14.4. The number of aromatic nitrogens is 3. The van der Waals surface area contributed by atoms with Gasteiger partial charge >= 0.3 is 6.18 Å². The molecule has 32 heavy (non-hydrogen) atoms. The van der Waals surface area contributed by atoms with Crippen molar-refractivity contribution in [1.29, 1.82) is 0 Å². The topological polar surface area (TPSA) is 89.7 Å². The molecule has 0 aliphatic carbocycles. The predicted molar refractivity (Wildman–Crippen MR) is 106 cm³/mol. The van der Waals surface area contributed by atoms with E-state index in [0.717, 1.165) is 16.8 Å². The molecule has 0 saturated carbocycles. The highest BCUT2D eigenvalue weighted by Gasteiger charge is 2.34. The van der Waals surface area contributed by atoms with Crippen LogP contribution in [0.2, 0.25) is 0 Å². The number of nitrogens with zero attached hydrogens (tertiary/aromatic N) is 4. The SMILES string of the molecule is COc1ccc(OC)c2c1CN(C(=O)c1cn(-c3cccc(C(F)(F)F)c3)nn1)CC2O. The molecule has 0 spiro atoms. The zero-order valence-electron chi connectivity index (χ0n) is 17.1. The number of carbonyl (C=O) groups is 1. The molecule has 2 aromatic carbocycles. The summed E-state index contributed by atoms with van der Waals surface area (Å²) in [5.74, 6) is 0.443. The lowest BCUT2D eigenvalue weighted by Crippen LogP contribution is -2.38. The lowest BCUT2D eigenvalue weighted by atomic mass is 9.95. The average Bonchev–Trinajstić information content (AvgIpc) is 3.27. The molecule has 1 atom stereocenters. The standard InChI is InChI=1S/C21H19F3N4O4/c1-31-17-6-7-18(32-2)19-14(17)9-27(11-16(19)29)20(30)15-10-28(26-25-15)13-5-3-4-12(8-13)21(22,23)24/h3-8,10,16,29H,9,11H2,1-2H3. The summed E-state index contributed by atoms with van der Waals surface area (Å²) < 4.78 is 50.7. The van der Waals surface area contributed by atoms with E-state index in [9.17, 15) is 23.1 Å². The van der Waals surface area contributed by atoms with E-state index >= 15 is 0 Å². The van der Waals surface area contributed by atoms with Crippen molar-refractivity contribution in [3.05, 3.63) is 65.0 Å². The number of halogens is 3. The maximum absolute atomic E-state index is 13.0. The third-order valence-electron chi connectivity index (χ3n) is 5.23. The van der Waals surface area contributed by atoms with E-state index in [2.05, 4.69) is 10.3 Å². The number of methoxy groups -OCH3 is 2. The van der Waals surface area contributed by atoms with Gasteiger partial charge in [-0.05, 0) is 30.3 Å². The highest BCUT2D eigenvalue weighted by atomic mass is 19.4. The second kappa shape index (κ2) is 8.15. The maximum Gasteiger partial charge on any atom is 0.416 e. The monoisotopic (exact) mass is 448 g/mol. The van der Waals surface area contributed by atoms with E-state index in [-0.39, 0.29) is 24.5 Å². The fourth-order valence-corrected chi connectivity index (χ4v) is 3.71. The van der Waals surface area contributed by atoms with Crippen molar-refractivity contribution in [3.63, 3.8) is 0 Å². The largest absolute Gasteiger partial charge is 0.496 e. The van der Waals surface area contributed by atoms with Gasteiger partial charge in [0.25, 0.3) is 5.91 Å². The molecule has 1 aliphatic heterocycles. The highest BCUT2D eigenvalue weighted by Crippen LogP contribution is 2.39. The van der Waals surface area contributed by atoms with Crippen LogP contribution in [0.15, 0.2) is 42.6 Å². The number of rotatable bonds is 4. The van der Waals surface area contributed by atoms with Crippen LogP contribution in [0.25, 0.3) is 5.69 Å². The minimum absolute atomic E-state index is 0.0220. The van der Waals surface area contributed by atoms with E-state index in [0.29, 0.717) is 22.6 Å². The smallest absolute Gasteiger partial charge is 0.416 e. The Morgan fingerprint density at radius 2 is 1.88 bits per heavy atom. The van der Waals surface area contributed by atoms with Gasteiger partial charge in [-0.1, -0.05) is 11.3 Å². The molecule has 8 nitrogen and oxygen atoms in total. The first kappa shape index (κ1) is 21.6. The number of hydrogen-bond donors (Lipinski definition) is 1. The van der Waals surface area contributed by atoms with Gasteiger partial charge in [-0.15, -0.1) is 5.10 Å². The number of aliphatic hydroxyl groups is 1. The van der Waals surface area contributed by atoms with Crippen molar-refractivity contribution in [2.24, 2.45) is 0 Å². The third kappa shape index (κ3) is 3.86. The Kier molecular flexibility index (Phi) is 5.51. The molecule has 1 aliphatic rings. The molecule has 1 aromatic heterocycles. The van der Waals surface area contributed by atoms with E-state index in [4.69, 9.17) is 9.47 Å². The van der Waals surface area contributed by atoms with Gasteiger partial charge in [0.2, 0.25) is 0 Å². The fourth-order valence-electron chi connectivity index (χ4n) is 3.71. The van der Waals surface area contributed by atoms with Crippen LogP contribution >= 0.6 is 0 Å². The molecule has 0 bridgehead atoms. The van der Waals surface area contributed by atoms with Crippen molar-refractivity contribution in [2.45, 2.75) is 18.8 Å². The molecule has 0 radical (unpaired) electrons. The molecule has 1 unspecified atom stereocenters. The molecule has 1 amide bonds. The first-order valence-corrected chi connectivity index (χ1v) is 9.54. The Balaban J connectivity index is 1.62. The van der Waals surface area contributed by atoms with Gasteiger partial charge in [0, 0.05) is 11.1 Å². The average molecular weight is 448 g/mol. The number of β-amino-alcohol motifs (C(OH)–C–C–N with tert-alkyl or cyclic N) is 1. The van der Waals surface area contributed by atoms with Crippen molar-refractivity contribution in [3.8, 4) is 17.2 Å². The number of amides is 1. The molecule has 2 heterocycles. The second-order valence-corrected chi connectivity index (χ2v) is 7.16. The number of ether oxygens (including phenoxy) is 2. The van der Waals surface area contributed by atoms with Crippen LogP contribution in [-0.4, -0.2) is 51.7 Å². The van der Waals surface area contributed by atoms with Crippen molar-refractivity contribution < 1.29 is 32.5 Å². The quantitative estimate of drug-likeness (QED) is 0.660. The van der Waals surface area contributed by atoms with Crippen LogP contribution in [-0.2, 0) is 12.7 Å². The number of aliphatic hydroxyl groups excluding tert-OH is 1. The minimum atomic E-state index is -4.51. The Morgan fingerprint density at radius 3 is 2.56 bits per heavy atom. The molecule has 0 fully saturated rings. The number of alkyl halides is 3. The number of fused-ring (bicyclic) bond motifs is 1. The minimum Gasteiger partial charge on any atom is -0.496 e. The van der Waals surface area contributed by atoms with Crippen LogP contribution in [0.4, 0.5) is 13.2 Å². The Bertz CT molecular complexity index is 1160. The van der Waals surface area contributed by atoms with Crippen molar-refractivity contribution in [2.75, 3.05) is 20.8 Å². The second-order valence-electron chi connectivity index (χ2n) is 7.16. The lowest BCUT2D eigenvalue weighted by molar-refractivity contribution is -0.137. The van der Waals surface area contributed by atoms with Gasteiger partial charge in [0.05, 0.1) is 44.8 Å². The number of hydrogen-bond acceptors (Lipinski definition) is 6. The van der Waals surface area contributed by atoms with Crippen LogP contribution in [0.3, 0.4) is 0 Å². The van der Waals surface area contributed by atoms with Crippen LogP contribution in [0.5, 0.6) is 11.5 Å². The van der Waals surface area contributed by atoms with E-state index in [1.54, 1.807) is 12.1 Å². The molecule has 168 valence electrons. The first-order valence-electron chi connectivity index (χ1n) is 9.54. The van der Waals surface area contributed by atoms with Crippen LogP contribution in [0, 0.1) is 0 Å². The molecular formula is C21H19F3N4O4. The van der Waals surface area contributed by atoms with Gasteiger partial charge in [-0.3, -0.25) is 4.79 Å². The lowest BCUT2D eigenvalue weighted by Gasteiger charge is -2.33. The maximum atomic E-state index is 13.0. The van der Waals surface area contributed by atoms with Gasteiger partial charge in [-0.25, -0.2) is 4.68 Å². The van der Waals surface area contributed by atoms with Gasteiger partial charge in [0.15, 0.2) is 5.69 Å². The summed E-state index contributed by atoms with van der Waals surface area (Å²) in [5, 5.41) is 18.3. The summed E-state index contributed by atoms with van der Waals surface area (Å²) >= 11 is 0. The molecule has 11 heteroatoms. The van der Waals surface area contributed by atoms with E-state index < -0.39 is 23.8 Å². The first-order chi connectivity index (χ1) is 15.2. The molecular weight excluding hydrogens is 429 g/mol. The summed E-state index contributed by atoms with van der Waals surface area (Å²) in [7, 11) is 2.97. The fraction of sp³-hybridized carbons (Fsp3) is 0.286. The number of benzene rings is 2. The zero-order valence-corrected chi connectivity index (χ0v) is 17.1. The molecule has 0 saturated heterocycles. The summed E-state index contributed by atoms with van der Waals surface area (Å²) in [6, 6.07) is 7.90. The van der Waals surface area contributed by atoms with Gasteiger partial charge in [0.1, 0.15) is 17.6 Å². The third-order valence-corrected chi connectivity index (χ3v) is 5.23. The summed E-state index contributed by atoms with van der Waals surface area (Å²) in [6.45, 7) is 0.105. The Labute approximate surface area is 180 Å². The Morgan fingerprint density at radius 1 is 1.16 bits per heavy atom.